The minimum absolute atomic E-state index is 0.185. The predicted molar refractivity (Wildman–Crippen MR) is 79.7 cm³/mol. The van der Waals surface area contributed by atoms with Crippen molar-refractivity contribution in [2.45, 2.75) is 11.4 Å². The Balaban J connectivity index is 2.18. The molecule has 21 heavy (non-hydrogen) atoms. The van der Waals surface area contributed by atoms with Crippen LogP contribution in [0, 0.1) is 11.8 Å². The molecule has 1 heterocycles. The van der Waals surface area contributed by atoms with Crippen LogP contribution in [0.1, 0.15) is 11.3 Å². The first-order valence-corrected chi connectivity index (χ1v) is 7.76. The van der Waals surface area contributed by atoms with E-state index in [-0.39, 0.29) is 18.0 Å². The molecule has 0 aliphatic rings. The van der Waals surface area contributed by atoms with Gasteiger partial charge in [0, 0.05) is 12.6 Å². The molecule has 2 N–H and O–H groups in total. The fourth-order valence-corrected chi connectivity index (χ4v) is 2.89. The summed E-state index contributed by atoms with van der Waals surface area (Å²) < 4.78 is 31.2. The first-order chi connectivity index (χ1) is 10.0. The fourth-order valence-electron chi connectivity index (χ4n) is 1.75. The van der Waals surface area contributed by atoms with Crippen molar-refractivity contribution in [2.75, 3.05) is 13.6 Å². The highest BCUT2D eigenvalue weighted by molar-refractivity contribution is 7.89. The Morgan fingerprint density at radius 2 is 1.95 bits per heavy atom. The summed E-state index contributed by atoms with van der Waals surface area (Å²) in [6, 6.07) is 9.85. The van der Waals surface area contributed by atoms with E-state index in [0.717, 1.165) is 5.56 Å². The van der Waals surface area contributed by atoms with Crippen molar-refractivity contribution in [3.05, 3.63) is 54.0 Å². The Morgan fingerprint density at radius 1 is 1.24 bits per heavy atom. The molecule has 0 spiro atoms. The van der Waals surface area contributed by atoms with Crippen molar-refractivity contribution in [3.63, 3.8) is 0 Å². The van der Waals surface area contributed by atoms with Crippen LogP contribution in [0.5, 0.6) is 0 Å². The molecule has 0 amide bonds. The molecule has 1 aromatic heterocycles. The Bertz CT molecular complexity index is 738. The van der Waals surface area contributed by atoms with Gasteiger partial charge in [0.2, 0.25) is 10.0 Å². The number of sulfonamides is 1. The van der Waals surface area contributed by atoms with Gasteiger partial charge in [-0.15, -0.1) is 0 Å². The molecular formula is C15H16N2O3S. The number of hydrogen-bond acceptors (Lipinski definition) is 4. The lowest BCUT2D eigenvalue weighted by Crippen LogP contribution is -2.26. The van der Waals surface area contributed by atoms with E-state index in [1.807, 2.05) is 0 Å². The van der Waals surface area contributed by atoms with Crippen LogP contribution >= 0.6 is 0 Å². The molecule has 0 bridgehead atoms. The summed E-state index contributed by atoms with van der Waals surface area (Å²) in [4.78, 5) is 0.217. The van der Waals surface area contributed by atoms with Gasteiger partial charge in [0.25, 0.3) is 0 Å². The Hall–Kier alpha value is -2.07. The Labute approximate surface area is 124 Å². The maximum Gasteiger partial charge on any atom is 0.243 e. The number of nitrogens with zero attached hydrogens (tertiary/aromatic N) is 1. The van der Waals surface area contributed by atoms with Crippen molar-refractivity contribution in [3.8, 4) is 11.8 Å². The maximum absolute atomic E-state index is 12.4. The van der Waals surface area contributed by atoms with Crippen molar-refractivity contribution in [1.29, 1.82) is 0 Å². The highest BCUT2D eigenvalue weighted by Crippen LogP contribution is 2.17. The average Bonchev–Trinajstić information content (AvgIpc) is 2.98. The van der Waals surface area contributed by atoms with Gasteiger partial charge >= 0.3 is 0 Å². The average molecular weight is 304 g/mol. The highest BCUT2D eigenvalue weighted by atomic mass is 32.2. The van der Waals surface area contributed by atoms with Gasteiger partial charge < -0.3 is 10.2 Å². The van der Waals surface area contributed by atoms with E-state index in [9.17, 15) is 8.42 Å². The molecule has 0 aliphatic carbocycles. The first kappa shape index (κ1) is 15.3. The van der Waals surface area contributed by atoms with Crippen LogP contribution in [0.15, 0.2) is 52.0 Å². The number of furan rings is 1. The van der Waals surface area contributed by atoms with Crippen LogP contribution in [0.3, 0.4) is 0 Å². The van der Waals surface area contributed by atoms with Gasteiger partial charge in [-0.3, -0.25) is 0 Å². The van der Waals surface area contributed by atoms with E-state index in [4.69, 9.17) is 10.2 Å². The van der Waals surface area contributed by atoms with Crippen molar-refractivity contribution in [2.24, 2.45) is 5.73 Å². The second-order valence-corrected chi connectivity index (χ2v) is 6.42. The molecule has 2 rings (SSSR count). The molecule has 1 aromatic carbocycles. The molecule has 0 saturated heterocycles. The molecule has 6 heteroatoms. The quantitative estimate of drug-likeness (QED) is 0.867. The van der Waals surface area contributed by atoms with E-state index in [1.54, 1.807) is 24.3 Å². The summed E-state index contributed by atoms with van der Waals surface area (Å²) in [5, 5.41) is 0. The summed E-state index contributed by atoms with van der Waals surface area (Å²) >= 11 is 0. The predicted octanol–water partition coefficient (Wildman–Crippen LogP) is 1.41. The van der Waals surface area contributed by atoms with Crippen molar-refractivity contribution < 1.29 is 12.8 Å². The van der Waals surface area contributed by atoms with Crippen LogP contribution in [0.25, 0.3) is 0 Å². The normalized spacial score (nSPS) is 11.2. The minimum atomic E-state index is -3.55. The van der Waals surface area contributed by atoms with Crippen molar-refractivity contribution >= 4 is 10.0 Å². The van der Waals surface area contributed by atoms with E-state index in [0.29, 0.717) is 5.76 Å². The highest BCUT2D eigenvalue weighted by Gasteiger charge is 2.21. The second kappa shape index (κ2) is 6.59. The lowest BCUT2D eigenvalue weighted by atomic mass is 10.2. The van der Waals surface area contributed by atoms with E-state index < -0.39 is 10.0 Å². The molecule has 110 valence electrons. The van der Waals surface area contributed by atoms with Crippen LogP contribution in [0.2, 0.25) is 0 Å². The summed E-state index contributed by atoms with van der Waals surface area (Å²) in [5.41, 5.74) is 6.02. The molecule has 0 atom stereocenters. The zero-order valence-corrected chi connectivity index (χ0v) is 12.4. The van der Waals surface area contributed by atoms with Crippen LogP contribution in [-0.4, -0.2) is 26.3 Å². The summed E-state index contributed by atoms with van der Waals surface area (Å²) in [7, 11) is -2.04. The number of rotatable bonds is 4. The van der Waals surface area contributed by atoms with Crippen LogP contribution in [-0.2, 0) is 16.6 Å². The van der Waals surface area contributed by atoms with Crippen molar-refractivity contribution in [1.82, 2.24) is 4.31 Å². The van der Waals surface area contributed by atoms with E-state index >= 15 is 0 Å². The van der Waals surface area contributed by atoms with Crippen LogP contribution in [0.4, 0.5) is 0 Å². The zero-order chi connectivity index (χ0) is 15.3. The molecule has 0 fully saturated rings. The zero-order valence-electron chi connectivity index (χ0n) is 11.6. The molecule has 0 unspecified atom stereocenters. The van der Waals surface area contributed by atoms with Gasteiger partial charge in [0.15, 0.2) is 0 Å². The van der Waals surface area contributed by atoms with Gasteiger partial charge in [-0.05, 0) is 36.4 Å². The molecular weight excluding hydrogens is 288 g/mol. The number of nitrogens with two attached hydrogens (primary N) is 1. The number of hydrogen-bond donors (Lipinski definition) is 1. The van der Waals surface area contributed by atoms with Gasteiger partial charge in [-0.25, -0.2) is 8.42 Å². The molecule has 0 aliphatic heterocycles. The third-order valence-electron chi connectivity index (χ3n) is 2.86. The summed E-state index contributed by atoms with van der Waals surface area (Å²) in [5.74, 6) is 6.16. The molecule has 2 aromatic rings. The smallest absolute Gasteiger partial charge is 0.243 e. The summed E-state index contributed by atoms with van der Waals surface area (Å²) in [6.45, 7) is 0.454. The molecule has 5 nitrogen and oxygen atoms in total. The van der Waals surface area contributed by atoms with Crippen LogP contribution < -0.4 is 5.73 Å². The second-order valence-electron chi connectivity index (χ2n) is 4.37. The Kier molecular flexibility index (Phi) is 4.81. The molecule has 0 radical (unpaired) electrons. The lowest BCUT2D eigenvalue weighted by Gasteiger charge is -2.15. The lowest BCUT2D eigenvalue weighted by molar-refractivity contribution is 0.406. The first-order valence-electron chi connectivity index (χ1n) is 6.32. The largest absolute Gasteiger partial charge is 0.468 e. The third kappa shape index (κ3) is 3.73. The fraction of sp³-hybridized carbons (Fsp3) is 0.200. The molecule has 0 saturated carbocycles. The van der Waals surface area contributed by atoms with E-state index in [2.05, 4.69) is 11.8 Å². The van der Waals surface area contributed by atoms with Gasteiger partial charge in [0.05, 0.1) is 24.2 Å². The third-order valence-corrected chi connectivity index (χ3v) is 4.67. The van der Waals surface area contributed by atoms with Gasteiger partial charge in [0.1, 0.15) is 5.76 Å². The van der Waals surface area contributed by atoms with Gasteiger partial charge in [-0.1, -0.05) is 11.8 Å². The maximum atomic E-state index is 12.4. The Morgan fingerprint density at radius 3 is 2.52 bits per heavy atom. The number of benzene rings is 1. The van der Waals surface area contributed by atoms with Gasteiger partial charge in [-0.2, -0.15) is 4.31 Å². The van der Waals surface area contributed by atoms with E-state index in [1.165, 1.54) is 29.7 Å². The minimum Gasteiger partial charge on any atom is -0.468 e. The topological polar surface area (TPSA) is 76.5 Å². The standard InChI is InChI=1S/C15H16N2O3S/c1-17(12-14-5-3-11-20-14)21(18,19)15-8-6-13(7-9-15)4-2-10-16/h3,5-9,11H,10,12,16H2,1H3. The SMILES string of the molecule is CN(Cc1ccco1)S(=O)(=O)c1ccc(C#CCN)cc1. The monoisotopic (exact) mass is 304 g/mol. The summed E-state index contributed by atoms with van der Waals surface area (Å²) in [6.07, 6.45) is 1.51.